The van der Waals surface area contributed by atoms with E-state index in [-0.39, 0.29) is 5.91 Å². The molecular weight excluding hydrogens is 378 g/mol. The SMILES string of the molecule is COC(=O)c1cccc(NC(=O)c2cncc(Nc3cccc(Cl)c3C)c2)c1. The summed E-state index contributed by atoms with van der Waals surface area (Å²) in [5, 5.41) is 6.62. The number of halogens is 1. The molecule has 0 saturated heterocycles. The minimum atomic E-state index is -0.471. The molecule has 6 nitrogen and oxygen atoms in total. The molecule has 0 aliphatic heterocycles. The number of methoxy groups -OCH3 is 1. The summed E-state index contributed by atoms with van der Waals surface area (Å²) < 4.78 is 4.69. The van der Waals surface area contributed by atoms with Gasteiger partial charge in [0.1, 0.15) is 0 Å². The molecule has 7 heteroatoms. The zero-order chi connectivity index (χ0) is 20.1. The number of nitrogens with zero attached hydrogens (tertiary/aromatic N) is 1. The summed E-state index contributed by atoms with van der Waals surface area (Å²) in [6, 6.07) is 13.8. The first-order valence-electron chi connectivity index (χ1n) is 8.45. The molecule has 1 amide bonds. The van der Waals surface area contributed by atoms with Gasteiger partial charge in [-0.3, -0.25) is 9.78 Å². The van der Waals surface area contributed by atoms with Crippen molar-refractivity contribution in [2.45, 2.75) is 6.92 Å². The zero-order valence-corrected chi connectivity index (χ0v) is 16.1. The van der Waals surface area contributed by atoms with Crippen LogP contribution in [0.4, 0.5) is 17.1 Å². The number of amides is 1. The van der Waals surface area contributed by atoms with Gasteiger partial charge in [-0.1, -0.05) is 23.7 Å². The van der Waals surface area contributed by atoms with E-state index in [0.29, 0.717) is 27.5 Å². The molecule has 0 unspecified atom stereocenters. The lowest BCUT2D eigenvalue weighted by Crippen LogP contribution is -2.13. The molecule has 142 valence electrons. The van der Waals surface area contributed by atoms with Crippen LogP contribution >= 0.6 is 11.6 Å². The van der Waals surface area contributed by atoms with Gasteiger partial charge in [0, 0.05) is 22.6 Å². The molecule has 0 spiro atoms. The smallest absolute Gasteiger partial charge is 0.337 e. The monoisotopic (exact) mass is 395 g/mol. The van der Waals surface area contributed by atoms with E-state index in [4.69, 9.17) is 16.3 Å². The van der Waals surface area contributed by atoms with Crippen LogP contribution in [0.5, 0.6) is 0 Å². The van der Waals surface area contributed by atoms with Gasteiger partial charge in [0.05, 0.1) is 30.1 Å². The Morgan fingerprint density at radius 1 is 1.00 bits per heavy atom. The summed E-state index contributed by atoms with van der Waals surface area (Å²) >= 11 is 6.14. The van der Waals surface area contributed by atoms with Crippen molar-refractivity contribution < 1.29 is 14.3 Å². The number of carbonyl (C=O) groups is 2. The molecule has 0 fully saturated rings. The molecule has 28 heavy (non-hydrogen) atoms. The summed E-state index contributed by atoms with van der Waals surface area (Å²) in [6.45, 7) is 1.91. The molecule has 1 aromatic heterocycles. The molecule has 0 saturated carbocycles. The van der Waals surface area contributed by atoms with Crippen LogP contribution in [0.25, 0.3) is 0 Å². The molecule has 0 aliphatic rings. The van der Waals surface area contributed by atoms with E-state index in [0.717, 1.165) is 11.3 Å². The highest BCUT2D eigenvalue weighted by molar-refractivity contribution is 6.31. The first-order chi connectivity index (χ1) is 13.5. The number of ether oxygens (including phenoxy) is 1. The van der Waals surface area contributed by atoms with Crippen molar-refractivity contribution in [1.29, 1.82) is 0 Å². The van der Waals surface area contributed by atoms with Gasteiger partial charge >= 0.3 is 5.97 Å². The Morgan fingerprint density at radius 3 is 2.54 bits per heavy atom. The number of carbonyl (C=O) groups excluding carboxylic acids is 2. The highest BCUT2D eigenvalue weighted by Crippen LogP contribution is 2.26. The number of hydrogen-bond donors (Lipinski definition) is 2. The average molecular weight is 396 g/mol. The second-order valence-electron chi connectivity index (χ2n) is 6.03. The number of benzene rings is 2. The molecule has 0 atom stereocenters. The van der Waals surface area contributed by atoms with Gasteiger partial charge < -0.3 is 15.4 Å². The van der Waals surface area contributed by atoms with Crippen LogP contribution in [0.3, 0.4) is 0 Å². The number of rotatable bonds is 5. The maximum Gasteiger partial charge on any atom is 0.337 e. The second-order valence-corrected chi connectivity index (χ2v) is 6.43. The van der Waals surface area contributed by atoms with Crippen molar-refractivity contribution in [2.75, 3.05) is 17.7 Å². The van der Waals surface area contributed by atoms with Crippen LogP contribution in [-0.2, 0) is 4.74 Å². The molecule has 3 aromatic rings. The van der Waals surface area contributed by atoms with Gasteiger partial charge in [-0.25, -0.2) is 4.79 Å². The standard InChI is InChI=1S/C21H18ClN3O3/c1-13-18(22)7-4-8-19(13)24-17-10-15(11-23-12-17)20(26)25-16-6-3-5-14(9-16)21(27)28-2/h3-12,24H,1-2H3,(H,25,26). The van der Waals surface area contributed by atoms with Crippen LogP contribution in [0.15, 0.2) is 60.9 Å². The van der Waals surface area contributed by atoms with Gasteiger partial charge in [-0.05, 0) is 48.9 Å². The lowest BCUT2D eigenvalue weighted by Gasteiger charge is -2.11. The van der Waals surface area contributed by atoms with E-state index in [1.807, 2.05) is 25.1 Å². The maximum atomic E-state index is 12.6. The van der Waals surface area contributed by atoms with Crippen LogP contribution in [-0.4, -0.2) is 24.0 Å². The Bertz CT molecular complexity index is 1040. The van der Waals surface area contributed by atoms with E-state index in [2.05, 4.69) is 15.6 Å². The maximum absolute atomic E-state index is 12.6. The Hall–Kier alpha value is -3.38. The summed E-state index contributed by atoms with van der Waals surface area (Å²) in [4.78, 5) is 28.3. The highest BCUT2D eigenvalue weighted by atomic mass is 35.5. The van der Waals surface area contributed by atoms with Gasteiger partial charge in [-0.15, -0.1) is 0 Å². The fraction of sp³-hybridized carbons (Fsp3) is 0.0952. The molecular formula is C21H18ClN3O3. The van der Waals surface area contributed by atoms with E-state index in [1.54, 1.807) is 36.5 Å². The van der Waals surface area contributed by atoms with Crippen molar-refractivity contribution in [3.8, 4) is 0 Å². The van der Waals surface area contributed by atoms with Crippen molar-refractivity contribution in [2.24, 2.45) is 0 Å². The Balaban J connectivity index is 1.77. The zero-order valence-electron chi connectivity index (χ0n) is 15.3. The number of nitrogens with one attached hydrogen (secondary N) is 2. The van der Waals surface area contributed by atoms with Crippen LogP contribution in [0.1, 0.15) is 26.3 Å². The minimum Gasteiger partial charge on any atom is -0.465 e. The third kappa shape index (κ3) is 4.47. The van der Waals surface area contributed by atoms with E-state index in [1.165, 1.54) is 13.3 Å². The number of hydrogen-bond acceptors (Lipinski definition) is 5. The van der Waals surface area contributed by atoms with E-state index < -0.39 is 5.97 Å². The summed E-state index contributed by atoms with van der Waals surface area (Å²) in [5.41, 5.74) is 3.59. The molecule has 0 radical (unpaired) electrons. The van der Waals surface area contributed by atoms with Crippen LogP contribution in [0, 0.1) is 6.92 Å². The predicted molar refractivity (Wildman–Crippen MR) is 109 cm³/mol. The van der Waals surface area contributed by atoms with Crippen molar-refractivity contribution in [3.05, 3.63) is 82.6 Å². The topological polar surface area (TPSA) is 80.3 Å². The largest absolute Gasteiger partial charge is 0.465 e. The Morgan fingerprint density at radius 2 is 1.75 bits per heavy atom. The van der Waals surface area contributed by atoms with Gasteiger partial charge in [0.15, 0.2) is 0 Å². The first kappa shape index (κ1) is 19.4. The van der Waals surface area contributed by atoms with Gasteiger partial charge in [-0.2, -0.15) is 0 Å². The van der Waals surface area contributed by atoms with Crippen molar-refractivity contribution in [1.82, 2.24) is 4.98 Å². The molecule has 0 bridgehead atoms. The average Bonchev–Trinajstić information content (AvgIpc) is 2.71. The predicted octanol–water partition coefficient (Wildman–Crippen LogP) is 4.83. The summed E-state index contributed by atoms with van der Waals surface area (Å²) in [5.74, 6) is -0.818. The lowest BCUT2D eigenvalue weighted by molar-refractivity contribution is 0.0600. The van der Waals surface area contributed by atoms with Crippen molar-refractivity contribution >= 4 is 40.5 Å². The number of anilines is 3. The third-order valence-corrected chi connectivity index (χ3v) is 4.50. The number of esters is 1. The number of pyridine rings is 1. The summed E-state index contributed by atoms with van der Waals surface area (Å²) in [7, 11) is 1.30. The Kier molecular flexibility index (Phi) is 5.91. The normalized spacial score (nSPS) is 10.2. The summed E-state index contributed by atoms with van der Waals surface area (Å²) in [6.07, 6.45) is 3.09. The molecule has 2 aromatic carbocycles. The third-order valence-electron chi connectivity index (χ3n) is 4.09. The fourth-order valence-electron chi connectivity index (χ4n) is 2.58. The van der Waals surface area contributed by atoms with Crippen LogP contribution in [0.2, 0.25) is 5.02 Å². The molecule has 2 N–H and O–H groups in total. The second kappa shape index (κ2) is 8.54. The Labute approximate surface area is 167 Å². The molecule has 1 heterocycles. The highest BCUT2D eigenvalue weighted by Gasteiger charge is 2.11. The number of aromatic nitrogens is 1. The molecule has 3 rings (SSSR count). The van der Waals surface area contributed by atoms with E-state index in [9.17, 15) is 9.59 Å². The van der Waals surface area contributed by atoms with E-state index >= 15 is 0 Å². The van der Waals surface area contributed by atoms with Crippen molar-refractivity contribution in [3.63, 3.8) is 0 Å². The lowest BCUT2D eigenvalue weighted by atomic mass is 10.1. The van der Waals surface area contributed by atoms with Crippen LogP contribution < -0.4 is 10.6 Å². The fourth-order valence-corrected chi connectivity index (χ4v) is 2.75. The van der Waals surface area contributed by atoms with Gasteiger partial charge in [0.2, 0.25) is 0 Å². The molecule has 0 aliphatic carbocycles. The first-order valence-corrected chi connectivity index (χ1v) is 8.82. The minimum absolute atomic E-state index is 0.346. The van der Waals surface area contributed by atoms with Gasteiger partial charge in [0.25, 0.3) is 5.91 Å². The quantitative estimate of drug-likeness (QED) is 0.605.